The predicted octanol–water partition coefficient (Wildman–Crippen LogP) is 5.92. The zero-order chi connectivity index (χ0) is 26.5. The van der Waals surface area contributed by atoms with Crippen LogP contribution in [0.3, 0.4) is 0 Å². The van der Waals surface area contributed by atoms with Crippen LogP contribution in [0, 0.1) is 0 Å². The number of nitrogens with one attached hydrogen (secondary N) is 1. The van der Waals surface area contributed by atoms with Crippen molar-refractivity contribution in [1.29, 1.82) is 0 Å². The van der Waals surface area contributed by atoms with E-state index in [0.29, 0.717) is 42.8 Å². The van der Waals surface area contributed by atoms with Crippen molar-refractivity contribution in [1.82, 2.24) is 4.90 Å². The molecule has 0 saturated carbocycles. The quantitative estimate of drug-likeness (QED) is 0.273. The molecule has 196 valence electrons. The summed E-state index contributed by atoms with van der Waals surface area (Å²) in [7, 11) is 0. The fraction of sp³-hybridized carbons (Fsp3) is 0.310. The third-order valence-electron chi connectivity index (χ3n) is 5.74. The van der Waals surface area contributed by atoms with Crippen molar-refractivity contribution in [2.24, 2.45) is 0 Å². The molecule has 0 aliphatic carbocycles. The Hall–Kier alpha value is -3.55. The number of rotatable bonds is 14. The third-order valence-corrected chi connectivity index (χ3v) is 5.99. The molecule has 37 heavy (non-hydrogen) atoms. The lowest BCUT2D eigenvalue weighted by Crippen LogP contribution is -2.38. The van der Waals surface area contributed by atoms with E-state index in [9.17, 15) is 14.7 Å². The molecule has 1 unspecified atom stereocenters. The Bertz CT molecular complexity index is 1110. The van der Waals surface area contributed by atoms with Crippen LogP contribution in [0.25, 0.3) is 0 Å². The maximum absolute atomic E-state index is 13.0. The van der Waals surface area contributed by atoms with Gasteiger partial charge in [-0.05, 0) is 67.3 Å². The Balaban J connectivity index is 1.55. The minimum absolute atomic E-state index is 0.204. The number of aliphatic carboxylic acids is 1. The number of amides is 2. The van der Waals surface area contributed by atoms with Crippen LogP contribution in [0.5, 0.6) is 5.75 Å². The van der Waals surface area contributed by atoms with Crippen molar-refractivity contribution in [3.05, 3.63) is 95.0 Å². The van der Waals surface area contributed by atoms with Gasteiger partial charge in [0.15, 0.2) is 6.10 Å². The molecule has 0 bridgehead atoms. The Labute approximate surface area is 223 Å². The number of anilines is 1. The smallest absolute Gasteiger partial charge is 0.333 e. The number of hydrogen-bond acceptors (Lipinski definition) is 4. The van der Waals surface area contributed by atoms with E-state index >= 15 is 0 Å². The van der Waals surface area contributed by atoms with Gasteiger partial charge >= 0.3 is 12.0 Å². The number of hydrogen-bond donors (Lipinski definition) is 2. The van der Waals surface area contributed by atoms with Crippen LogP contribution in [0.2, 0.25) is 5.02 Å². The number of carbonyl (C=O) groups excluding carboxylic acids is 1. The van der Waals surface area contributed by atoms with Crippen LogP contribution >= 0.6 is 11.6 Å². The van der Waals surface area contributed by atoms with E-state index in [0.717, 1.165) is 18.4 Å². The number of halogens is 1. The van der Waals surface area contributed by atoms with Crippen LogP contribution < -0.4 is 10.1 Å². The topological polar surface area (TPSA) is 88.1 Å². The average molecular weight is 525 g/mol. The van der Waals surface area contributed by atoms with E-state index in [-0.39, 0.29) is 12.5 Å². The molecule has 0 aliphatic heterocycles. The van der Waals surface area contributed by atoms with Crippen LogP contribution in [0.15, 0.2) is 78.9 Å². The number of carboxylic acid groups (broad SMARTS) is 1. The molecule has 0 radical (unpaired) electrons. The monoisotopic (exact) mass is 524 g/mol. The molecule has 3 rings (SSSR count). The van der Waals surface area contributed by atoms with E-state index in [4.69, 9.17) is 21.1 Å². The molecule has 0 heterocycles. The molecule has 7 nitrogen and oxygen atoms in total. The summed E-state index contributed by atoms with van der Waals surface area (Å²) in [5.74, 6) is -0.333. The van der Waals surface area contributed by atoms with Crippen molar-refractivity contribution >= 4 is 29.3 Å². The van der Waals surface area contributed by atoms with Crippen LogP contribution in [-0.4, -0.2) is 54.4 Å². The van der Waals surface area contributed by atoms with Crippen molar-refractivity contribution < 1.29 is 24.2 Å². The number of carbonyl (C=O) groups is 2. The maximum atomic E-state index is 13.0. The summed E-state index contributed by atoms with van der Waals surface area (Å²) < 4.78 is 11.2. The summed E-state index contributed by atoms with van der Waals surface area (Å²) in [4.78, 5) is 26.1. The first-order chi connectivity index (χ1) is 17.9. The van der Waals surface area contributed by atoms with Gasteiger partial charge in [0, 0.05) is 30.3 Å². The Morgan fingerprint density at radius 1 is 0.946 bits per heavy atom. The average Bonchev–Trinajstić information content (AvgIpc) is 2.90. The first-order valence-corrected chi connectivity index (χ1v) is 12.7. The molecule has 0 fully saturated rings. The molecule has 8 heteroatoms. The van der Waals surface area contributed by atoms with Gasteiger partial charge in [0.05, 0.1) is 6.54 Å². The summed E-state index contributed by atoms with van der Waals surface area (Å²) in [5.41, 5.74) is 2.75. The highest BCUT2D eigenvalue weighted by Crippen LogP contribution is 2.16. The number of urea groups is 1. The molecule has 3 aromatic rings. The lowest BCUT2D eigenvalue weighted by atomic mass is 10.1. The number of nitrogens with zero attached hydrogens (tertiary/aromatic N) is 1. The van der Waals surface area contributed by atoms with Gasteiger partial charge in [-0.2, -0.15) is 0 Å². The second-order valence-electron chi connectivity index (χ2n) is 8.49. The normalized spacial score (nSPS) is 11.5. The van der Waals surface area contributed by atoms with Crippen molar-refractivity contribution in [2.75, 3.05) is 31.6 Å². The molecular formula is C29H33ClN2O5. The van der Waals surface area contributed by atoms with Crippen LogP contribution in [-0.2, 0) is 22.4 Å². The van der Waals surface area contributed by atoms with E-state index < -0.39 is 12.1 Å². The zero-order valence-electron chi connectivity index (χ0n) is 20.9. The lowest BCUT2D eigenvalue weighted by molar-refractivity contribution is -0.149. The summed E-state index contributed by atoms with van der Waals surface area (Å²) in [5, 5.41) is 12.8. The Morgan fingerprint density at radius 3 is 2.30 bits per heavy atom. The van der Waals surface area contributed by atoms with E-state index in [1.165, 1.54) is 5.56 Å². The first kappa shape index (κ1) is 28.0. The number of ether oxygens (including phenoxy) is 2. The Morgan fingerprint density at radius 2 is 1.65 bits per heavy atom. The highest BCUT2D eigenvalue weighted by Gasteiger charge is 2.18. The van der Waals surface area contributed by atoms with E-state index in [1.54, 1.807) is 48.2 Å². The van der Waals surface area contributed by atoms with E-state index in [1.807, 2.05) is 30.3 Å². The van der Waals surface area contributed by atoms with Crippen LogP contribution in [0.1, 0.15) is 24.5 Å². The molecule has 0 aliphatic rings. The summed E-state index contributed by atoms with van der Waals surface area (Å²) in [6.45, 7) is 3.40. The van der Waals surface area contributed by atoms with Gasteiger partial charge < -0.3 is 24.8 Å². The van der Waals surface area contributed by atoms with Crippen molar-refractivity contribution in [3.63, 3.8) is 0 Å². The second kappa shape index (κ2) is 14.9. The predicted molar refractivity (Wildman–Crippen MR) is 145 cm³/mol. The fourth-order valence-corrected chi connectivity index (χ4v) is 3.92. The summed E-state index contributed by atoms with van der Waals surface area (Å²) >= 11 is 5.95. The SMILES string of the molecule is CCOC(Cc1ccc(OCCN(CCCc2ccccc2)C(=O)Nc2ccc(Cl)cc2)cc1)C(=O)O. The van der Waals surface area contributed by atoms with Gasteiger partial charge in [0.1, 0.15) is 12.4 Å². The van der Waals surface area contributed by atoms with Gasteiger partial charge in [0.25, 0.3) is 0 Å². The molecule has 3 aromatic carbocycles. The molecule has 0 aromatic heterocycles. The molecule has 2 N–H and O–H groups in total. The maximum Gasteiger partial charge on any atom is 0.333 e. The molecule has 0 saturated heterocycles. The highest BCUT2D eigenvalue weighted by molar-refractivity contribution is 6.30. The molecule has 1 atom stereocenters. The van der Waals surface area contributed by atoms with Crippen LogP contribution in [0.4, 0.5) is 10.5 Å². The van der Waals surface area contributed by atoms with Crippen molar-refractivity contribution in [3.8, 4) is 5.75 Å². The lowest BCUT2D eigenvalue weighted by Gasteiger charge is -2.23. The second-order valence-corrected chi connectivity index (χ2v) is 8.93. The summed E-state index contributed by atoms with van der Waals surface area (Å²) in [6, 6.07) is 24.2. The Kier molecular flexibility index (Phi) is 11.3. The number of carboxylic acids is 1. The van der Waals surface area contributed by atoms with Crippen molar-refractivity contribution in [2.45, 2.75) is 32.3 Å². The molecule has 0 spiro atoms. The highest BCUT2D eigenvalue weighted by atomic mass is 35.5. The van der Waals surface area contributed by atoms with Gasteiger partial charge in [0.2, 0.25) is 0 Å². The van der Waals surface area contributed by atoms with Gasteiger partial charge in [-0.1, -0.05) is 54.1 Å². The third kappa shape index (κ3) is 9.79. The van der Waals surface area contributed by atoms with Gasteiger partial charge in [-0.25, -0.2) is 9.59 Å². The molecule has 2 amide bonds. The zero-order valence-corrected chi connectivity index (χ0v) is 21.7. The van der Waals surface area contributed by atoms with Gasteiger partial charge in [-0.15, -0.1) is 0 Å². The first-order valence-electron chi connectivity index (χ1n) is 12.4. The molecular weight excluding hydrogens is 492 g/mol. The largest absolute Gasteiger partial charge is 0.492 e. The number of benzene rings is 3. The minimum Gasteiger partial charge on any atom is -0.492 e. The summed E-state index contributed by atoms with van der Waals surface area (Å²) in [6.07, 6.45) is 1.09. The van der Waals surface area contributed by atoms with Gasteiger partial charge in [-0.3, -0.25) is 0 Å². The fourth-order valence-electron chi connectivity index (χ4n) is 3.80. The van der Waals surface area contributed by atoms with E-state index in [2.05, 4.69) is 17.4 Å². The number of aryl methyl sites for hydroxylation is 1. The standard InChI is InChI=1S/C29H33ClN2O5/c1-2-36-27(28(33)34)21-23-10-16-26(17-11-23)37-20-19-32(18-6-9-22-7-4-3-5-8-22)29(35)31-25-14-12-24(30)13-15-25/h3-5,7-8,10-17,27H,2,6,9,18-21H2,1H3,(H,31,35)(H,33,34). The minimum atomic E-state index is -0.980.